The van der Waals surface area contributed by atoms with Gasteiger partial charge in [0.1, 0.15) is 0 Å². The van der Waals surface area contributed by atoms with Gasteiger partial charge in [-0.05, 0) is 12.8 Å². The molecule has 2 aliphatic rings. The van der Waals surface area contributed by atoms with E-state index in [1.165, 1.54) is 12.8 Å². The zero-order valence-electron chi connectivity index (χ0n) is 4.09. The standard InChI is InChI=1S/C5H8N2/c6-5-3-1-2-4(3)7-5/h3-4H,1-2H2,(H2,6,7). The maximum absolute atomic E-state index is 5.41. The highest BCUT2D eigenvalue weighted by atomic mass is 15.0. The number of rotatable bonds is 0. The predicted molar refractivity (Wildman–Crippen MR) is 28.1 cm³/mol. The summed E-state index contributed by atoms with van der Waals surface area (Å²) in [7, 11) is 0. The van der Waals surface area contributed by atoms with E-state index in [0.717, 1.165) is 5.84 Å². The number of aliphatic imine (C=N–C) groups is 1. The second-order valence-corrected chi connectivity index (χ2v) is 2.31. The Labute approximate surface area is 42.4 Å². The van der Waals surface area contributed by atoms with Gasteiger partial charge in [0.2, 0.25) is 0 Å². The lowest BCUT2D eigenvalue weighted by Gasteiger charge is -2.41. The highest BCUT2D eigenvalue weighted by molar-refractivity contribution is 5.89. The second kappa shape index (κ2) is 0.831. The minimum absolute atomic E-state index is 0.653. The number of nitrogens with zero attached hydrogens (tertiary/aromatic N) is 1. The van der Waals surface area contributed by atoms with Gasteiger partial charge in [0, 0.05) is 5.92 Å². The van der Waals surface area contributed by atoms with Crippen molar-refractivity contribution in [2.45, 2.75) is 18.9 Å². The first-order valence-corrected chi connectivity index (χ1v) is 2.71. The molecule has 0 aromatic heterocycles. The minimum Gasteiger partial charge on any atom is -0.387 e. The van der Waals surface area contributed by atoms with Gasteiger partial charge in [-0.3, -0.25) is 4.99 Å². The first-order valence-electron chi connectivity index (χ1n) is 2.71. The van der Waals surface area contributed by atoms with E-state index in [0.29, 0.717) is 12.0 Å². The van der Waals surface area contributed by atoms with Crippen LogP contribution in [0.1, 0.15) is 12.8 Å². The van der Waals surface area contributed by atoms with Gasteiger partial charge in [0.25, 0.3) is 0 Å². The second-order valence-electron chi connectivity index (χ2n) is 2.31. The van der Waals surface area contributed by atoms with Gasteiger partial charge in [0.05, 0.1) is 11.9 Å². The van der Waals surface area contributed by atoms with Crippen molar-refractivity contribution < 1.29 is 0 Å². The summed E-state index contributed by atoms with van der Waals surface area (Å²) in [6.45, 7) is 0. The highest BCUT2D eigenvalue weighted by Gasteiger charge is 2.40. The Bertz CT molecular complexity index is 128. The molecule has 38 valence electrons. The van der Waals surface area contributed by atoms with E-state index >= 15 is 0 Å². The third-order valence-corrected chi connectivity index (χ3v) is 1.93. The predicted octanol–water partition coefficient (Wildman–Crippen LogP) is 0.136. The van der Waals surface area contributed by atoms with Crippen molar-refractivity contribution in [3.05, 3.63) is 0 Å². The van der Waals surface area contributed by atoms with Gasteiger partial charge in [-0.2, -0.15) is 0 Å². The molecule has 0 aromatic rings. The Balaban J connectivity index is 2.22. The lowest BCUT2D eigenvalue weighted by Crippen LogP contribution is -2.49. The van der Waals surface area contributed by atoms with Crippen LogP contribution in [0.3, 0.4) is 0 Å². The quantitative estimate of drug-likeness (QED) is 0.457. The summed E-state index contributed by atoms with van der Waals surface area (Å²) in [5.41, 5.74) is 5.41. The number of fused-ring (bicyclic) bond motifs is 1. The zero-order valence-corrected chi connectivity index (χ0v) is 4.09. The molecule has 0 saturated heterocycles. The monoisotopic (exact) mass is 96.1 g/mol. The van der Waals surface area contributed by atoms with E-state index in [9.17, 15) is 0 Å². The van der Waals surface area contributed by atoms with Crippen LogP contribution in [-0.2, 0) is 0 Å². The SMILES string of the molecule is NC1=NC2CCC12. The minimum atomic E-state index is 0.653. The van der Waals surface area contributed by atoms with Crippen LogP contribution in [0.2, 0.25) is 0 Å². The van der Waals surface area contributed by atoms with Gasteiger partial charge in [-0.1, -0.05) is 0 Å². The normalized spacial score (nSPS) is 45.4. The maximum atomic E-state index is 5.41. The van der Waals surface area contributed by atoms with Crippen LogP contribution in [-0.4, -0.2) is 11.9 Å². The van der Waals surface area contributed by atoms with Crippen molar-refractivity contribution in [2.75, 3.05) is 0 Å². The molecule has 1 heterocycles. The average molecular weight is 96.1 g/mol. The number of amidine groups is 1. The fourth-order valence-corrected chi connectivity index (χ4v) is 1.19. The van der Waals surface area contributed by atoms with E-state index in [2.05, 4.69) is 4.99 Å². The molecule has 0 spiro atoms. The first-order chi connectivity index (χ1) is 3.38. The summed E-state index contributed by atoms with van der Waals surface area (Å²) < 4.78 is 0. The van der Waals surface area contributed by atoms with Crippen LogP contribution >= 0.6 is 0 Å². The van der Waals surface area contributed by atoms with Crippen LogP contribution in [0.15, 0.2) is 4.99 Å². The number of nitrogens with two attached hydrogens (primary N) is 1. The fraction of sp³-hybridized carbons (Fsp3) is 0.800. The molecule has 1 aliphatic carbocycles. The maximum Gasteiger partial charge on any atom is 0.0993 e. The summed E-state index contributed by atoms with van der Waals surface area (Å²) in [6.07, 6.45) is 2.57. The molecule has 1 fully saturated rings. The molecule has 0 radical (unpaired) electrons. The fourth-order valence-electron chi connectivity index (χ4n) is 1.19. The molecule has 7 heavy (non-hydrogen) atoms. The van der Waals surface area contributed by atoms with Crippen molar-refractivity contribution in [2.24, 2.45) is 16.6 Å². The molecular weight excluding hydrogens is 88.1 g/mol. The van der Waals surface area contributed by atoms with Crippen molar-refractivity contribution in [3.63, 3.8) is 0 Å². The van der Waals surface area contributed by atoms with Gasteiger partial charge >= 0.3 is 0 Å². The van der Waals surface area contributed by atoms with Crippen LogP contribution in [0.25, 0.3) is 0 Å². The van der Waals surface area contributed by atoms with Gasteiger partial charge in [0.15, 0.2) is 0 Å². The third-order valence-electron chi connectivity index (χ3n) is 1.93. The highest BCUT2D eigenvalue weighted by Crippen LogP contribution is 2.37. The summed E-state index contributed by atoms with van der Waals surface area (Å²) in [5, 5.41) is 0. The molecule has 0 aromatic carbocycles. The van der Waals surface area contributed by atoms with Crippen molar-refractivity contribution in [3.8, 4) is 0 Å². The molecule has 2 rings (SSSR count). The van der Waals surface area contributed by atoms with Crippen molar-refractivity contribution in [1.29, 1.82) is 0 Å². The van der Waals surface area contributed by atoms with E-state index in [1.807, 2.05) is 0 Å². The van der Waals surface area contributed by atoms with E-state index in [4.69, 9.17) is 5.73 Å². The Kier molecular flexibility index (Phi) is 0.412. The molecule has 2 atom stereocenters. The van der Waals surface area contributed by atoms with Crippen LogP contribution in [0.5, 0.6) is 0 Å². The average Bonchev–Trinajstić information content (AvgIpc) is 1.59. The summed E-state index contributed by atoms with van der Waals surface area (Å²) >= 11 is 0. The summed E-state index contributed by atoms with van der Waals surface area (Å²) in [5.74, 6) is 1.61. The van der Waals surface area contributed by atoms with Gasteiger partial charge in [-0.25, -0.2) is 0 Å². The van der Waals surface area contributed by atoms with Gasteiger partial charge in [-0.15, -0.1) is 0 Å². The van der Waals surface area contributed by atoms with Crippen molar-refractivity contribution in [1.82, 2.24) is 0 Å². The topological polar surface area (TPSA) is 38.4 Å². The number of hydrogen-bond acceptors (Lipinski definition) is 2. The summed E-state index contributed by atoms with van der Waals surface area (Å²) in [6, 6.07) is 0.653. The van der Waals surface area contributed by atoms with Gasteiger partial charge < -0.3 is 5.73 Å². The molecule has 0 amide bonds. The van der Waals surface area contributed by atoms with Crippen LogP contribution in [0, 0.1) is 5.92 Å². The molecule has 1 saturated carbocycles. The Morgan fingerprint density at radius 1 is 1.57 bits per heavy atom. The lowest BCUT2D eigenvalue weighted by atomic mass is 9.74. The van der Waals surface area contributed by atoms with E-state index in [1.54, 1.807) is 0 Å². The third kappa shape index (κ3) is 0.243. The van der Waals surface area contributed by atoms with Crippen LogP contribution in [0.4, 0.5) is 0 Å². The largest absolute Gasteiger partial charge is 0.387 e. The van der Waals surface area contributed by atoms with Crippen molar-refractivity contribution >= 4 is 5.84 Å². The summed E-state index contributed by atoms with van der Waals surface area (Å²) in [4.78, 5) is 4.08. The lowest BCUT2D eigenvalue weighted by molar-refractivity contribution is 0.297. The molecule has 2 heteroatoms. The van der Waals surface area contributed by atoms with E-state index in [-0.39, 0.29) is 0 Å². The Morgan fingerprint density at radius 2 is 2.43 bits per heavy atom. The molecule has 2 unspecified atom stereocenters. The number of hydrogen-bond donors (Lipinski definition) is 1. The molecule has 2 N–H and O–H groups in total. The molecule has 1 aliphatic heterocycles. The first kappa shape index (κ1) is 3.47. The molecule has 2 nitrogen and oxygen atoms in total. The smallest absolute Gasteiger partial charge is 0.0993 e. The molecule has 0 bridgehead atoms. The van der Waals surface area contributed by atoms with E-state index < -0.39 is 0 Å². The van der Waals surface area contributed by atoms with Crippen LogP contribution < -0.4 is 5.73 Å². The Morgan fingerprint density at radius 3 is 2.43 bits per heavy atom. The zero-order chi connectivity index (χ0) is 4.85. The molecular formula is C5H8N2. The Hall–Kier alpha value is -0.530.